The fourth-order valence-electron chi connectivity index (χ4n) is 4.74. The zero-order valence-corrected chi connectivity index (χ0v) is 30.8. The molecule has 0 spiro atoms. The number of unbranched alkanes of at least 4 members (excludes halogenated alkanes) is 13. The van der Waals surface area contributed by atoms with Crippen LogP contribution in [0.2, 0.25) is 0 Å². The van der Waals surface area contributed by atoms with Crippen LogP contribution >= 0.6 is 7.82 Å². The van der Waals surface area contributed by atoms with Gasteiger partial charge in [0.15, 0.2) is 6.10 Å². The fraction of sp³-hybridized carbons (Fsp3) is 0.737. The summed E-state index contributed by atoms with van der Waals surface area (Å²) in [5.74, 6) is -0.849. The molecular formula is C38H67O8P. The Morgan fingerprint density at radius 2 is 1.09 bits per heavy atom. The van der Waals surface area contributed by atoms with E-state index in [2.05, 4.69) is 62.5 Å². The van der Waals surface area contributed by atoms with Crippen molar-refractivity contribution in [2.75, 3.05) is 19.8 Å². The molecule has 0 rings (SSSR count). The number of allylic oxidation sites excluding steroid dienone is 8. The molecule has 0 amide bonds. The average molecular weight is 683 g/mol. The quantitative estimate of drug-likeness (QED) is 0.0315. The maximum Gasteiger partial charge on any atom is 0.472 e. The van der Waals surface area contributed by atoms with E-state index in [4.69, 9.17) is 18.5 Å². The minimum atomic E-state index is -4.28. The molecule has 0 fully saturated rings. The van der Waals surface area contributed by atoms with Crippen LogP contribution in [0.1, 0.15) is 156 Å². The molecule has 0 heterocycles. The highest BCUT2D eigenvalue weighted by molar-refractivity contribution is 7.47. The molecular weight excluding hydrogens is 615 g/mol. The van der Waals surface area contributed by atoms with E-state index >= 15 is 0 Å². The van der Waals surface area contributed by atoms with Crippen molar-refractivity contribution in [2.45, 2.75) is 162 Å². The first-order valence-electron chi connectivity index (χ1n) is 18.4. The van der Waals surface area contributed by atoms with Crippen molar-refractivity contribution < 1.29 is 37.6 Å². The van der Waals surface area contributed by atoms with E-state index < -0.39 is 26.5 Å². The number of carbonyl (C=O) groups excluding carboxylic acids is 2. The predicted molar refractivity (Wildman–Crippen MR) is 193 cm³/mol. The maximum atomic E-state index is 12.5. The van der Waals surface area contributed by atoms with Gasteiger partial charge in [-0.3, -0.25) is 18.6 Å². The molecule has 0 saturated carbocycles. The number of phosphoric acid groups is 1. The van der Waals surface area contributed by atoms with Crippen LogP contribution in [-0.4, -0.2) is 42.8 Å². The summed E-state index contributed by atoms with van der Waals surface area (Å²) in [4.78, 5) is 34.5. The van der Waals surface area contributed by atoms with Crippen LogP contribution in [-0.2, 0) is 32.7 Å². The van der Waals surface area contributed by atoms with Gasteiger partial charge in [-0.05, 0) is 58.3 Å². The second-order valence-corrected chi connectivity index (χ2v) is 13.3. The SMILES string of the molecule is CC/C=C\C/C=C\C/C=C\C/C=C\CCCCC(=O)OC(COC(=O)CCCCCCCCCCCCCC)COP(=O)(O)OCC. The van der Waals surface area contributed by atoms with Crippen molar-refractivity contribution in [2.24, 2.45) is 0 Å². The molecule has 0 aliphatic carbocycles. The number of esters is 2. The largest absolute Gasteiger partial charge is 0.472 e. The van der Waals surface area contributed by atoms with Crippen molar-refractivity contribution >= 4 is 19.8 Å². The van der Waals surface area contributed by atoms with E-state index in [0.717, 1.165) is 57.8 Å². The van der Waals surface area contributed by atoms with E-state index in [9.17, 15) is 19.0 Å². The first kappa shape index (κ1) is 45.0. The number of ether oxygens (including phenoxy) is 2. The van der Waals surface area contributed by atoms with Crippen LogP contribution in [0, 0.1) is 0 Å². The van der Waals surface area contributed by atoms with Crippen LogP contribution in [0.3, 0.4) is 0 Å². The summed E-state index contributed by atoms with van der Waals surface area (Å²) in [6, 6.07) is 0. The Hall–Kier alpha value is -1.99. The summed E-state index contributed by atoms with van der Waals surface area (Å²) in [5.41, 5.74) is 0. The highest BCUT2D eigenvalue weighted by atomic mass is 31.2. The lowest BCUT2D eigenvalue weighted by molar-refractivity contribution is -0.161. The van der Waals surface area contributed by atoms with Gasteiger partial charge >= 0.3 is 19.8 Å². The molecule has 2 unspecified atom stereocenters. The standard InChI is InChI=1S/C38H67O8P/c1-4-7-9-11-13-15-17-19-20-21-23-25-27-29-31-33-38(40)46-36(35-45-47(41,42)44-6-3)34-43-37(39)32-30-28-26-24-22-18-16-14-12-10-8-5-2/h7,9,13,15,19-20,23,25,36H,4-6,8,10-12,14,16-18,21-22,24,26-35H2,1-3H3,(H,41,42)/b9-7-,15-13-,20-19-,25-23-. The predicted octanol–water partition coefficient (Wildman–Crippen LogP) is 11.1. The molecule has 9 heteroatoms. The molecule has 0 bridgehead atoms. The van der Waals surface area contributed by atoms with E-state index in [1.54, 1.807) is 6.92 Å². The average Bonchev–Trinajstić information content (AvgIpc) is 3.04. The fourth-order valence-corrected chi connectivity index (χ4v) is 5.49. The molecule has 272 valence electrons. The van der Waals surface area contributed by atoms with Crippen molar-refractivity contribution in [1.82, 2.24) is 0 Å². The topological polar surface area (TPSA) is 108 Å². The second-order valence-electron chi connectivity index (χ2n) is 11.9. The summed E-state index contributed by atoms with van der Waals surface area (Å²) >= 11 is 0. The summed E-state index contributed by atoms with van der Waals surface area (Å²) in [6.45, 7) is 5.28. The second kappa shape index (κ2) is 33.9. The van der Waals surface area contributed by atoms with Crippen LogP contribution in [0.15, 0.2) is 48.6 Å². The molecule has 8 nitrogen and oxygen atoms in total. The van der Waals surface area contributed by atoms with Gasteiger partial charge in [0.25, 0.3) is 0 Å². The number of rotatable bonds is 33. The third kappa shape index (κ3) is 33.7. The van der Waals surface area contributed by atoms with Gasteiger partial charge in [0.1, 0.15) is 6.61 Å². The Balaban J connectivity index is 4.26. The normalized spacial score (nSPS) is 14.0. The molecule has 0 radical (unpaired) electrons. The van der Waals surface area contributed by atoms with Gasteiger partial charge in [-0.25, -0.2) is 4.57 Å². The molecule has 0 aromatic heterocycles. The summed E-state index contributed by atoms with van der Waals surface area (Å²) in [7, 11) is -4.28. The monoisotopic (exact) mass is 682 g/mol. The summed E-state index contributed by atoms with van der Waals surface area (Å²) < 4.78 is 32.4. The lowest BCUT2D eigenvalue weighted by Crippen LogP contribution is -2.29. The smallest absolute Gasteiger partial charge is 0.462 e. The lowest BCUT2D eigenvalue weighted by atomic mass is 10.0. The Labute approximate surface area is 287 Å². The zero-order chi connectivity index (χ0) is 34.7. The zero-order valence-electron chi connectivity index (χ0n) is 29.9. The molecule has 0 aliphatic heterocycles. The third-order valence-electron chi connectivity index (χ3n) is 7.40. The summed E-state index contributed by atoms with van der Waals surface area (Å²) in [6.07, 6.45) is 37.4. The molecule has 0 aliphatic rings. The van der Waals surface area contributed by atoms with Gasteiger partial charge in [-0.15, -0.1) is 0 Å². The minimum Gasteiger partial charge on any atom is -0.462 e. The lowest BCUT2D eigenvalue weighted by Gasteiger charge is -2.19. The van der Waals surface area contributed by atoms with Gasteiger partial charge < -0.3 is 14.4 Å². The molecule has 0 aromatic carbocycles. The molecule has 47 heavy (non-hydrogen) atoms. The van der Waals surface area contributed by atoms with Crippen molar-refractivity contribution in [3.8, 4) is 0 Å². The summed E-state index contributed by atoms with van der Waals surface area (Å²) in [5, 5.41) is 0. The van der Waals surface area contributed by atoms with Gasteiger partial charge in [0, 0.05) is 12.8 Å². The number of hydrogen-bond acceptors (Lipinski definition) is 7. The molecule has 0 saturated heterocycles. The highest BCUT2D eigenvalue weighted by Crippen LogP contribution is 2.43. The molecule has 1 N–H and O–H groups in total. The maximum absolute atomic E-state index is 12.5. The Bertz CT molecular complexity index is 911. The van der Waals surface area contributed by atoms with Crippen molar-refractivity contribution in [3.05, 3.63) is 48.6 Å². The molecule has 2 atom stereocenters. The number of carbonyl (C=O) groups is 2. The van der Waals surface area contributed by atoms with E-state index in [-0.39, 0.29) is 32.0 Å². The number of hydrogen-bond donors (Lipinski definition) is 1. The highest BCUT2D eigenvalue weighted by Gasteiger charge is 2.25. The minimum absolute atomic E-state index is 0.00839. The van der Waals surface area contributed by atoms with Crippen LogP contribution in [0.4, 0.5) is 0 Å². The van der Waals surface area contributed by atoms with E-state index in [0.29, 0.717) is 6.42 Å². The van der Waals surface area contributed by atoms with Gasteiger partial charge in [-0.1, -0.05) is 133 Å². The number of phosphoric ester groups is 1. The van der Waals surface area contributed by atoms with Gasteiger partial charge in [0.2, 0.25) is 0 Å². The van der Waals surface area contributed by atoms with E-state index in [1.807, 2.05) is 0 Å². The molecule has 0 aromatic rings. The van der Waals surface area contributed by atoms with Crippen LogP contribution < -0.4 is 0 Å². The van der Waals surface area contributed by atoms with Crippen molar-refractivity contribution in [3.63, 3.8) is 0 Å². The van der Waals surface area contributed by atoms with Crippen molar-refractivity contribution in [1.29, 1.82) is 0 Å². The van der Waals surface area contributed by atoms with Crippen LogP contribution in [0.25, 0.3) is 0 Å². The Kier molecular flexibility index (Phi) is 32.5. The van der Waals surface area contributed by atoms with Gasteiger partial charge in [-0.2, -0.15) is 0 Å². The van der Waals surface area contributed by atoms with E-state index in [1.165, 1.54) is 57.8 Å². The first-order chi connectivity index (χ1) is 22.8. The van der Waals surface area contributed by atoms with Gasteiger partial charge in [0.05, 0.1) is 13.2 Å². The van der Waals surface area contributed by atoms with Crippen LogP contribution in [0.5, 0.6) is 0 Å². The first-order valence-corrected chi connectivity index (χ1v) is 19.9. The Morgan fingerprint density at radius 1 is 0.596 bits per heavy atom. The Morgan fingerprint density at radius 3 is 1.64 bits per heavy atom. The third-order valence-corrected chi connectivity index (χ3v) is 8.46.